The highest BCUT2D eigenvalue weighted by Gasteiger charge is 2.53. The van der Waals surface area contributed by atoms with E-state index < -0.39 is 11.6 Å². The average Bonchev–Trinajstić information content (AvgIpc) is 3.64. The summed E-state index contributed by atoms with van der Waals surface area (Å²) in [6.07, 6.45) is 0.382. The Labute approximate surface area is 231 Å². The van der Waals surface area contributed by atoms with Gasteiger partial charge in [0.05, 0.1) is 25.6 Å². The van der Waals surface area contributed by atoms with Gasteiger partial charge in [-0.05, 0) is 57.1 Å². The van der Waals surface area contributed by atoms with Crippen molar-refractivity contribution in [2.75, 3.05) is 27.7 Å². The summed E-state index contributed by atoms with van der Waals surface area (Å²) in [7, 11) is 5.26. The van der Waals surface area contributed by atoms with E-state index >= 15 is 4.39 Å². The summed E-state index contributed by atoms with van der Waals surface area (Å²) in [5.41, 5.74) is 1.44. The molecule has 1 atom stereocenters. The number of alkyl halides is 1. The molecule has 0 saturated heterocycles. The van der Waals surface area contributed by atoms with Crippen molar-refractivity contribution < 1.29 is 18.7 Å². The molecule has 1 aliphatic rings. The number of hydrogen-bond donors (Lipinski definition) is 1. The quantitative estimate of drug-likeness (QED) is 0.318. The molecule has 0 bridgehead atoms. The number of amides is 2. The van der Waals surface area contributed by atoms with Crippen LogP contribution < -0.4 is 9.46 Å². The molecule has 1 saturated carbocycles. The van der Waals surface area contributed by atoms with E-state index in [-0.39, 0.29) is 31.3 Å². The van der Waals surface area contributed by atoms with Crippen molar-refractivity contribution in [2.24, 2.45) is 0 Å². The van der Waals surface area contributed by atoms with Gasteiger partial charge in [0.2, 0.25) is 5.91 Å². The van der Waals surface area contributed by atoms with E-state index in [1.54, 1.807) is 16.3 Å². The van der Waals surface area contributed by atoms with Crippen molar-refractivity contribution in [1.29, 1.82) is 0 Å². The molecule has 1 fully saturated rings. The predicted octanol–water partition coefficient (Wildman–Crippen LogP) is 4.96. The highest BCUT2D eigenvalue weighted by molar-refractivity contribution is 7.95. The van der Waals surface area contributed by atoms with Crippen molar-refractivity contribution in [3.8, 4) is 5.75 Å². The van der Waals surface area contributed by atoms with Gasteiger partial charge < -0.3 is 9.64 Å². The zero-order valence-electron chi connectivity index (χ0n) is 22.1. The van der Waals surface area contributed by atoms with Crippen molar-refractivity contribution in [2.45, 2.75) is 44.3 Å². The van der Waals surface area contributed by atoms with E-state index in [1.807, 2.05) is 75.6 Å². The maximum atomic E-state index is 15.4. The number of aromatic nitrogens is 1. The van der Waals surface area contributed by atoms with E-state index in [0.29, 0.717) is 23.5 Å². The number of carbonyl (C=O) groups is 2. The van der Waals surface area contributed by atoms with Gasteiger partial charge in [0.15, 0.2) is 0 Å². The van der Waals surface area contributed by atoms with Crippen molar-refractivity contribution >= 4 is 35.3 Å². The number of benzene rings is 2. The molecule has 2 amide bonds. The molecule has 1 aromatic heterocycles. The van der Waals surface area contributed by atoms with Gasteiger partial charge in [-0.1, -0.05) is 42.5 Å². The normalized spacial score (nSPS) is 14.7. The summed E-state index contributed by atoms with van der Waals surface area (Å²) in [5.74, 6) is 0.309. The highest BCUT2D eigenvalue weighted by atomic mass is 32.2. The van der Waals surface area contributed by atoms with Gasteiger partial charge >= 0.3 is 0 Å². The lowest BCUT2D eigenvalue weighted by Crippen LogP contribution is -2.42. The van der Waals surface area contributed by atoms with Crippen molar-refractivity contribution in [3.05, 3.63) is 81.3 Å². The topological polar surface area (TPSA) is 74.8 Å². The van der Waals surface area contributed by atoms with Crippen LogP contribution in [0.2, 0.25) is 0 Å². The summed E-state index contributed by atoms with van der Waals surface area (Å²) >= 11 is 2.53. The third-order valence-electron chi connectivity index (χ3n) is 6.51. The molecule has 7 nitrogen and oxygen atoms in total. The Hall–Kier alpha value is -2.95. The molecule has 1 aliphatic carbocycles. The number of methoxy groups -OCH3 is 1. The molecule has 0 radical (unpaired) electrons. The first kappa shape index (κ1) is 28.1. The number of carbonyl (C=O) groups excluding carboxylic acids is 2. The van der Waals surface area contributed by atoms with E-state index in [4.69, 9.17) is 4.74 Å². The molecule has 3 aromatic rings. The van der Waals surface area contributed by atoms with Crippen LogP contribution in [0.1, 0.15) is 44.3 Å². The lowest BCUT2D eigenvalue weighted by Gasteiger charge is -2.28. The van der Waals surface area contributed by atoms with Crippen molar-refractivity contribution in [1.82, 2.24) is 18.9 Å². The van der Waals surface area contributed by atoms with Crippen LogP contribution in [0.25, 0.3) is 0 Å². The summed E-state index contributed by atoms with van der Waals surface area (Å²) in [6, 6.07) is 17.0. The Morgan fingerprint density at radius 2 is 1.84 bits per heavy atom. The number of aryl methyl sites for hydroxylation is 1. The molecule has 2 aromatic carbocycles. The molecule has 202 valence electrons. The summed E-state index contributed by atoms with van der Waals surface area (Å²) < 4.78 is 25.2. The molecule has 0 spiro atoms. The van der Waals surface area contributed by atoms with E-state index in [0.717, 1.165) is 21.8 Å². The second-order valence-corrected chi connectivity index (χ2v) is 12.0. The third kappa shape index (κ3) is 6.73. The standard InChI is InChI=1S/C28H33FN4O3S2/c1-19-25(26(34)31-38-32(2)3)30-24(37-19)18-33(17-22(29)16-20-8-6-5-7-9-20)27(35)28(14-15-28)21-10-12-23(36-4)13-11-21/h5-13,22H,14-18H2,1-4H3,(H,31,34). The van der Waals surface area contributed by atoms with Gasteiger partial charge in [0.25, 0.3) is 5.91 Å². The lowest BCUT2D eigenvalue weighted by molar-refractivity contribution is -0.135. The second kappa shape index (κ2) is 12.3. The molecule has 1 unspecified atom stereocenters. The first-order valence-corrected chi connectivity index (χ1v) is 14.0. The van der Waals surface area contributed by atoms with Crippen LogP contribution in [0.4, 0.5) is 4.39 Å². The Morgan fingerprint density at radius 3 is 2.45 bits per heavy atom. The van der Waals surface area contributed by atoms with E-state index in [2.05, 4.69) is 9.71 Å². The number of thiazole rings is 1. The van der Waals surface area contributed by atoms with Gasteiger partial charge in [-0.15, -0.1) is 11.3 Å². The number of nitrogens with one attached hydrogen (secondary N) is 1. The van der Waals surface area contributed by atoms with Crippen LogP contribution in [-0.2, 0) is 23.2 Å². The molecule has 38 heavy (non-hydrogen) atoms. The van der Waals surface area contributed by atoms with E-state index in [1.165, 1.54) is 23.5 Å². The SMILES string of the molecule is COc1ccc(C2(C(=O)N(Cc3nc(C(=O)NSN(C)C)c(C)s3)CC(F)Cc3ccccc3)CC2)cc1. The molecule has 0 aliphatic heterocycles. The Bertz CT molecular complexity index is 1250. The Morgan fingerprint density at radius 1 is 1.16 bits per heavy atom. The third-order valence-corrected chi connectivity index (χ3v) is 8.11. The Kier molecular flexibility index (Phi) is 9.07. The predicted molar refractivity (Wildman–Crippen MR) is 150 cm³/mol. The fourth-order valence-electron chi connectivity index (χ4n) is 4.43. The largest absolute Gasteiger partial charge is 0.497 e. The van der Waals surface area contributed by atoms with Gasteiger partial charge in [0, 0.05) is 23.4 Å². The summed E-state index contributed by atoms with van der Waals surface area (Å²) in [5, 5.41) is 0.605. The fourth-order valence-corrected chi connectivity index (χ4v) is 5.74. The zero-order chi connectivity index (χ0) is 27.3. The second-order valence-electron chi connectivity index (χ2n) is 9.63. The van der Waals surface area contributed by atoms with Crippen LogP contribution in [0.3, 0.4) is 0 Å². The molecule has 10 heteroatoms. The lowest BCUT2D eigenvalue weighted by atomic mass is 9.94. The smallest absolute Gasteiger partial charge is 0.281 e. The van der Waals surface area contributed by atoms with Crippen LogP contribution in [0.15, 0.2) is 54.6 Å². The molecular formula is C28H33FN4O3S2. The summed E-state index contributed by atoms with van der Waals surface area (Å²) in [4.78, 5) is 33.5. The highest BCUT2D eigenvalue weighted by Crippen LogP contribution is 2.50. The maximum absolute atomic E-state index is 15.4. The Balaban J connectivity index is 1.56. The fraction of sp³-hybridized carbons (Fsp3) is 0.393. The molecule has 4 rings (SSSR count). The number of nitrogens with zero attached hydrogens (tertiary/aromatic N) is 3. The first-order valence-electron chi connectivity index (χ1n) is 12.4. The number of hydrogen-bond acceptors (Lipinski definition) is 7. The average molecular weight is 557 g/mol. The number of rotatable bonds is 12. The zero-order valence-corrected chi connectivity index (χ0v) is 23.7. The molecule has 1 heterocycles. The number of ether oxygens (including phenoxy) is 1. The van der Waals surface area contributed by atoms with Crippen molar-refractivity contribution in [3.63, 3.8) is 0 Å². The van der Waals surface area contributed by atoms with Crippen LogP contribution in [0, 0.1) is 6.92 Å². The van der Waals surface area contributed by atoms with Crippen LogP contribution in [-0.4, -0.2) is 59.9 Å². The monoisotopic (exact) mass is 556 g/mol. The van der Waals surface area contributed by atoms with Gasteiger partial charge in [-0.2, -0.15) is 0 Å². The number of halogens is 1. The summed E-state index contributed by atoms with van der Waals surface area (Å²) in [6.45, 7) is 1.92. The first-order chi connectivity index (χ1) is 18.2. The van der Waals surface area contributed by atoms with Gasteiger partial charge in [0.1, 0.15) is 22.6 Å². The molecule has 1 N–H and O–H groups in total. The molecular weight excluding hydrogens is 523 g/mol. The van der Waals surface area contributed by atoms with E-state index in [9.17, 15) is 9.59 Å². The minimum atomic E-state index is -1.24. The van der Waals surface area contributed by atoms with Crippen LogP contribution in [0.5, 0.6) is 5.75 Å². The minimum Gasteiger partial charge on any atom is -0.497 e. The van der Waals surface area contributed by atoms with Gasteiger partial charge in [-0.25, -0.2) is 13.7 Å². The van der Waals surface area contributed by atoms with Crippen LogP contribution >= 0.6 is 23.5 Å². The maximum Gasteiger partial charge on any atom is 0.281 e. The minimum absolute atomic E-state index is 0.0533. The van der Waals surface area contributed by atoms with Gasteiger partial charge in [-0.3, -0.25) is 14.3 Å².